The lowest BCUT2D eigenvalue weighted by atomic mass is 10.2. The predicted octanol–water partition coefficient (Wildman–Crippen LogP) is 3.73. The molecule has 0 radical (unpaired) electrons. The standard InChI is InChI=1S/C14H16N2OS/c1-9-7-11(17-2)5-6-13(9)16-8-12(10-3-4-10)15-14(16)18/h5-8,10H,3-4H2,1-2H3,(H,15,18). The van der Waals surface area contributed by atoms with E-state index in [4.69, 9.17) is 17.0 Å². The van der Waals surface area contributed by atoms with Crippen LogP contribution in [0.4, 0.5) is 0 Å². The van der Waals surface area contributed by atoms with Crippen LogP contribution in [0.25, 0.3) is 5.69 Å². The van der Waals surface area contributed by atoms with Crippen LogP contribution in [0.5, 0.6) is 5.75 Å². The lowest BCUT2D eigenvalue weighted by molar-refractivity contribution is 0.414. The van der Waals surface area contributed by atoms with Gasteiger partial charge in [0.05, 0.1) is 12.8 Å². The van der Waals surface area contributed by atoms with Crippen molar-refractivity contribution in [3.8, 4) is 11.4 Å². The molecule has 4 heteroatoms. The molecule has 94 valence electrons. The summed E-state index contributed by atoms with van der Waals surface area (Å²) in [7, 11) is 1.68. The Morgan fingerprint density at radius 1 is 1.39 bits per heavy atom. The van der Waals surface area contributed by atoms with E-state index in [0.29, 0.717) is 5.92 Å². The lowest BCUT2D eigenvalue weighted by Crippen LogP contribution is -1.96. The fourth-order valence-electron chi connectivity index (χ4n) is 2.22. The number of hydrogen-bond donors (Lipinski definition) is 1. The first-order valence-electron chi connectivity index (χ1n) is 6.15. The van der Waals surface area contributed by atoms with Crippen molar-refractivity contribution >= 4 is 12.2 Å². The zero-order chi connectivity index (χ0) is 12.7. The molecule has 1 N–H and O–H groups in total. The summed E-state index contributed by atoms with van der Waals surface area (Å²) in [5.41, 5.74) is 3.53. The summed E-state index contributed by atoms with van der Waals surface area (Å²) in [5.74, 6) is 1.56. The van der Waals surface area contributed by atoms with Crippen molar-refractivity contribution in [2.75, 3.05) is 7.11 Å². The monoisotopic (exact) mass is 260 g/mol. The van der Waals surface area contributed by atoms with Crippen molar-refractivity contribution in [1.29, 1.82) is 0 Å². The summed E-state index contributed by atoms with van der Waals surface area (Å²) in [6, 6.07) is 6.04. The van der Waals surface area contributed by atoms with Crippen LogP contribution in [-0.2, 0) is 0 Å². The number of nitrogens with zero attached hydrogens (tertiary/aromatic N) is 1. The number of ether oxygens (including phenoxy) is 1. The van der Waals surface area contributed by atoms with Crippen LogP contribution in [-0.4, -0.2) is 16.7 Å². The van der Waals surface area contributed by atoms with E-state index in [1.54, 1.807) is 7.11 Å². The second-order valence-corrected chi connectivity index (χ2v) is 5.20. The minimum atomic E-state index is 0.687. The number of aryl methyl sites for hydroxylation is 1. The minimum Gasteiger partial charge on any atom is -0.497 e. The normalized spacial score (nSPS) is 14.8. The van der Waals surface area contributed by atoms with Crippen molar-refractivity contribution in [3.05, 3.63) is 40.4 Å². The Bertz CT molecular complexity index is 637. The molecule has 18 heavy (non-hydrogen) atoms. The van der Waals surface area contributed by atoms with Crippen LogP contribution in [0.1, 0.15) is 30.0 Å². The van der Waals surface area contributed by atoms with Crippen molar-refractivity contribution in [1.82, 2.24) is 9.55 Å². The number of aromatic nitrogens is 2. The molecule has 1 aliphatic rings. The molecule has 3 nitrogen and oxygen atoms in total. The third-order valence-electron chi connectivity index (χ3n) is 3.42. The summed E-state index contributed by atoms with van der Waals surface area (Å²) in [6.07, 6.45) is 4.68. The van der Waals surface area contributed by atoms with Gasteiger partial charge in [-0.05, 0) is 55.7 Å². The summed E-state index contributed by atoms with van der Waals surface area (Å²) < 4.78 is 8.05. The SMILES string of the molecule is COc1ccc(-n2cc(C3CC3)[nH]c2=S)c(C)c1. The molecule has 1 saturated carbocycles. The second-order valence-electron chi connectivity index (χ2n) is 4.81. The van der Waals surface area contributed by atoms with E-state index >= 15 is 0 Å². The highest BCUT2D eigenvalue weighted by atomic mass is 32.1. The van der Waals surface area contributed by atoms with Crippen LogP contribution in [0.15, 0.2) is 24.4 Å². The molecule has 1 aromatic carbocycles. The Balaban J connectivity index is 2.06. The third-order valence-corrected chi connectivity index (χ3v) is 3.72. The van der Waals surface area contributed by atoms with E-state index in [1.807, 2.05) is 12.1 Å². The van der Waals surface area contributed by atoms with E-state index in [9.17, 15) is 0 Å². The van der Waals surface area contributed by atoms with Gasteiger partial charge in [-0.15, -0.1) is 0 Å². The fourth-order valence-corrected chi connectivity index (χ4v) is 2.49. The molecule has 0 spiro atoms. The summed E-state index contributed by atoms with van der Waals surface area (Å²) in [6.45, 7) is 2.07. The first-order valence-corrected chi connectivity index (χ1v) is 6.56. The second kappa shape index (κ2) is 4.28. The molecule has 2 aromatic rings. The van der Waals surface area contributed by atoms with Gasteiger partial charge in [0.1, 0.15) is 5.75 Å². The Morgan fingerprint density at radius 3 is 2.78 bits per heavy atom. The average molecular weight is 260 g/mol. The molecule has 0 atom stereocenters. The van der Waals surface area contributed by atoms with Crippen LogP contribution in [0.3, 0.4) is 0 Å². The average Bonchev–Trinajstić information content (AvgIpc) is 3.14. The van der Waals surface area contributed by atoms with Gasteiger partial charge in [0.15, 0.2) is 4.77 Å². The van der Waals surface area contributed by atoms with Gasteiger partial charge in [-0.25, -0.2) is 0 Å². The highest BCUT2D eigenvalue weighted by Gasteiger charge is 2.25. The first kappa shape index (κ1) is 11.5. The van der Waals surface area contributed by atoms with E-state index in [0.717, 1.165) is 21.8 Å². The highest BCUT2D eigenvalue weighted by molar-refractivity contribution is 7.71. The molecular weight excluding hydrogens is 244 g/mol. The lowest BCUT2D eigenvalue weighted by Gasteiger charge is -2.08. The smallest absolute Gasteiger partial charge is 0.182 e. The third kappa shape index (κ3) is 1.97. The number of imidazole rings is 1. The Morgan fingerprint density at radius 2 is 2.17 bits per heavy atom. The van der Waals surface area contributed by atoms with Crippen molar-refractivity contribution in [2.24, 2.45) is 0 Å². The summed E-state index contributed by atoms with van der Waals surface area (Å²) in [4.78, 5) is 3.31. The molecule has 1 aliphatic carbocycles. The highest BCUT2D eigenvalue weighted by Crippen LogP contribution is 2.39. The molecule has 3 rings (SSSR count). The van der Waals surface area contributed by atoms with Gasteiger partial charge in [-0.1, -0.05) is 0 Å². The largest absolute Gasteiger partial charge is 0.497 e. The fraction of sp³-hybridized carbons (Fsp3) is 0.357. The first-order chi connectivity index (χ1) is 8.69. The van der Waals surface area contributed by atoms with E-state index in [2.05, 4.69) is 28.7 Å². The molecular formula is C14H16N2OS. The van der Waals surface area contributed by atoms with E-state index in [1.165, 1.54) is 18.5 Å². The molecule has 1 heterocycles. The number of methoxy groups -OCH3 is 1. The maximum absolute atomic E-state index is 5.40. The minimum absolute atomic E-state index is 0.687. The molecule has 1 fully saturated rings. The van der Waals surface area contributed by atoms with Gasteiger partial charge in [0.2, 0.25) is 0 Å². The predicted molar refractivity (Wildman–Crippen MR) is 74.2 cm³/mol. The van der Waals surface area contributed by atoms with Crippen LogP contribution >= 0.6 is 12.2 Å². The number of rotatable bonds is 3. The van der Waals surface area contributed by atoms with Gasteiger partial charge in [-0.3, -0.25) is 4.57 Å². The Labute approximate surface area is 111 Å². The Hall–Kier alpha value is -1.55. The number of aromatic amines is 1. The van der Waals surface area contributed by atoms with E-state index in [-0.39, 0.29) is 0 Å². The summed E-state index contributed by atoms with van der Waals surface area (Å²) in [5, 5.41) is 0. The molecule has 0 unspecified atom stereocenters. The Kier molecular flexibility index (Phi) is 2.74. The molecule has 0 bridgehead atoms. The van der Waals surface area contributed by atoms with Crippen molar-refractivity contribution < 1.29 is 4.74 Å². The maximum atomic E-state index is 5.40. The van der Waals surface area contributed by atoms with Gasteiger partial charge in [0.25, 0.3) is 0 Å². The van der Waals surface area contributed by atoms with Gasteiger partial charge < -0.3 is 9.72 Å². The molecule has 0 aliphatic heterocycles. The van der Waals surface area contributed by atoms with Crippen LogP contribution in [0.2, 0.25) is 0 Å². The number of nitrogens with one attached hydrogen (secondary N) is 1. The topological polar surface area (TPSA) is 29.9 Å². The van der Waals surface area contributed by atoms with Crippen LogP contribution in [0, 0.1) is 11.7 Å². The number of benzene rings is 1. The quantitative estimate of drug-likeness (QED) is 0.852. The molecule has 0 saturated heterocycles. The molecule has 1 aromatic heterocycles. The van der Waals surface area contributed by atoms with Gasteiger partial charge in [0, 0.05) is 17.8 Å². The molecule has 0 amide bonds. The zero-order valence-electron chi connectivity index (χ0n) is 10.6. The zero-order valence-corrected chi connectivity index (χ0v) is 11.4. The van der Waals surface area contributed by atoms with Gasteiger partial charge in [-0.2, -0.15) is 0 Å². The number of hydrogen-bond acceptors (Lipinski definition) is 2. The van der Waals surface area contributed by atoms with Gasteiger partial charge >= 0.3 is 0 Å². The van der Waals surface area contributed by atoms with Crippen LogP contribution < -0.4 is 4.74 Å². The van der Waals surface area contributed by atoms with Crippen molar-refractivity contribution in [3.63, 3.8) is 0 Å². The maximum Gasteiger partial charge on any atom is 0.182 e. The van der Waals surface area contributed by atoms with E-state index < -0.39 is 0 Å². The number of H-pyrrole nitrogens is 1. The summed E-state index contributed by atoms with van der Waals surface area (Å²) >= 11 is 5.40. The van der Waals surface area contributed by atoms with Crippen molar-refractivity contribution in [2.45, 2.75) is 25.7 Å².